The Morgan fingerprint density at radius 3 is 2.37 bits per heavy atom. The Labute approximate surface area is 114 Å². The van der Waals surface area contributed by atoms with Crippen LogP contribution in [0.4, 0.5) is 4.39 Å². The molecule has 5 heteroatoms. The van der Waals surface area contributed by atoms with Crippen LogP contribution in [-0.2, 0) is 10.0 Å². The molecule has 1 aromatic rings. The molecule has 0 amide bonds. The second-order valence-electron chi connectivity index (χ2n) is 5.58. The van der Waals surface area contributed by atoms with Crippen molar-refractivity contribution in [2.24, 2.45) is 11.8 Å². The van der Waals surface area contributed by atoms with Gasteiger partial charge in [0.1, 0.15) is 5.82 Å². The van der Waals surface area contributed by atoms with Crippen molar-refractivity contribution in [3.63, 3.8) is 0 Å². The summed E-state index contributed by atoms with van der Waals surface area (Å²) in [7, 11) is -3.54. The fourth-order valence-corrected chi connectivity index (χ4v) is 4.10. The number of hydrogen-bond acceptors (Lipinski definition) is 2. The third-order valence-electron chi connectivity index (χ3n) is 3.86. The van der Waals surface area contributed by atoms with Crippen LogP contribution >= 0.6 is 0 Å². The maximum absolute atomic E-state index is 12.8. The van der Waals surface area contributed by atoms with Gasteiger partial charge in [-0.3, -0.25) is 0 Å². The van der Waals surface area contributed by atoms with Crippen LogP contribution < -0.4 is 4.72 Å². The summed E-state index contributed by atoms with van der Waals surface area (Å²) in [4.78, 5) is 0.125. The van der Waals surface area contributed by atoms with Gasteiger partial charge in [-0.2, -0.15) is 0 Å². The Kier molecular flexibility index (Phi) is 4.26. The van der Waals surface area contributed by atoms with Crippen LogP contribution in [0.5, 0.6) is 0 Å². The lowest BCUT2D eigenvalue weighted by atomic mass is 9.80. The first-order valence-corrected chi connectivity index (χ1v) is 8.14. The van der Waals surface area contributed by atoms with E-state index in [2.05, 4.69) is 18.6 Å². The van der Waals surface area contributed by atoms with Gasteiger partial charge in [-0.25, -0.2) is 17.5 Å². The molecule has 2 rings (SSSR count). The van der Waals surface area contributed by atoms with E-state index in [1.807, 2.05) is 0 Å². The number of sulfonamides is 1. The van der Waals surface area contributed by atoms with E-state index in [0.29, 0.717) is 11.8 Å². The average molecular weight is 285 g/mol. The molecule has 0 aliphatic heterocycles. The van der Waals surface area contributed by atoms with Crippen molar-refractivity contribution in [1.82, 2.24) is 4.72 Å². The van der Waals surface area contributed by atoms with Crippen molar-refractivity contribution < 1.29 is 12.8 Å². The molecule has 0 saturated heterocycles. The molecule has 19 heavy (non-hydrogen) atoms. The highest BCUT2D eigenvalue weighted by atomic mass is 32.2. The lowest BCUT2D eigenvalue weighted by molar-refractivity contribution is 0.249. The predicted octanol–water partition coefficient (Wildman–Crippen LogP) is 2.93. The van der Waals surface area contributed by atoms with E-state index < -0.39 is 15.8 Å². The van der Waals surface area contributed by atoms with Gasteiger partial charge in [0, 0.05) is 6.04 Å². The van der Waals surface area contributed by atoms with Crippen molar-refractivity contribution in [1.29, 1.82) is 0 Å². The molecule has 3 unspecified atom stereocenters. The van der Waals surface area contributed by atoms with Gasteiger partial charge in [-0.15, -0.1) is 0 Å². The molecule has 1 aliphatic rings. The summed E-state index contributed by atoms with van der Waals surface area (Å²) in [5, 5.41) is 0. The van der Waals surface area contributed by atoms with E-state index in [4.69, 9.17) is 0 Å². The number of halogens is 1. The Morgan fingerprint density at radius 1 is 1.16 bits per heavy atom. The van der Waals surface area contributed by atoms with Crippen molar-refractivity contribution in [2.75, 3.05) is 0 Å². The van der Waals surface area contributed by atoms with E-state index in [1.165, 1.54) is 24.3 Å². The quantitative estimate of drug-likeness (QED) is 0.928. The predicted molar refractivity (Wildman–Crippen MR) is 72.7 cm³/mol. The van der Waals surface area contributed by atoms with Crippen molar-refractivity contribution in [3.05, 3.63) is 30.1 Å². The SMILES string of the molecule is CC1CCC(NS(=O)(=O)c2ccc(F)cc2)C(C)C1. The fourth-order valence-electron chi connectivity index (χ4n) is 2.72. The smallest absolute Gasteiger partial charge is 0.208 e. The molecule has 1 aliphatic carbocycles. The molecule has 1 fully saturated rings. The Morgan fingerprint density at radius 2 is 1.79 bits per heavy atom. The first-order valence-electron chi connectivity index (χ1n) is 6.66. The summed E-state index contributed by atoms with van der Waals surface area (Å²) < 4.78 is 40.0. The Hall–Kier alpha value is -0.940. The third kappa shape index (κ3) is 3.54. The van der Waals surface area contributed by atoms with Gasteiger partial charge in [0.2, 0.25) is 10.0 Å². The van der Waals surface area contributed by atoms with Gasteiger partial charge in [0.15, 0.2) is 0 Å². The van der Waals surface area contributed by atoms with Gasteiger partial charge in [-0.05, 0) is 55.4 Å². The zero-order valence-corrected chi connectivity index (χ0v) is 12.1. The van der Waals surface area contributed by atoms with E-state index in [0.717, 1.165) is 19.3 Å². The van der Waals surface area contributed by atoms with Crippen molar-refractivity contribution >= 4 is 10.0 Å². The summed E-state index contributed by atoms with van der Waals surface area (Å²) >= 11 is 0. The lowest BCUT2D eigenvalue weighted by Crippen LogP contribution is -2.42. The van der Waals surface area contributed by atoms with E-state index in [-0.39, 0.29) is 10.9 Å². The van der Waals surface area contributed by atoms with Gasteiger partial charge >= 0.3 is 0 Å². The topological polar surface area (TPSA) is 46.2 Å². The fraction of sp³-hybridized carbons (Fsp3) is 0.571. The van der Waals surface area contributed by atoms with Gasteiger partial charge in [0.05, 0.1) is 4.90 Å². The molecular formula is C14H20FNO2S. The maximum atomic E-state index is 12.8. The molecular weight excluding hydrogens is 265 g/mol. The minimum Gasteiger partial charge on any atom is -0.208 e. The highest BCUT2D eigenvalue weighted by molar-refractivity contribution is 7.89. The second kappa shape index (κ2) is 5.59. The van der Waals surface area contributed by atoms with E-state index >= 15 is 0 Å². The minimum atomic E-state index is -3.54. The molecule has 0 radical (unpaired) electrons. The molecule has 1 saturated carbocycles. The third-order valence-corrected chi connectivity index (χ3v) is 5.37. The minimum absolute atomic E-state index is 0.0220. The summed E-state index contributed by atoms with van der Waals surface area (Å²) in [5.74, 6) is 0.555. The second-order valence-corrected chi connectivity index (χ2v) is 7.29. The molecule has 1 aromatic carbocycles. The average Bonchev–Trinajstić information content (AvgIpc) is 2.33. The molecule has 0 aromatic heterocycles. The molecule has 3 atom stereocenters. The Bertz CT molecular complexity index is 527. The number of benzene rings is 1. The zero-order valence-electron chi connectivity index (χ0n) is 11.3. The highest BCUT2D eigenvalue weighted by Crippen LogP contribution is 2.29. The highest BCUT2D eigenvalue weighted by Gasteiger charge is 2.29. The summed E-state index contributed by atoms with van der Waals surface area (Å²) in [6.45, 7) is 4.27. The molecule has 1 N–H and O–H groups in total. The van der Waals surface area contributed by atoms with Crippen molar-refractivity contribution in [2.45, 2.75) is 44.0 Å². The molecule has 0 bridgehead atoms. The Balaban J connectivity index is 2.11. The van der Waals surface area contributed by atoms with Gasteiger partial charge in [-0.1, -0.05) is 13.8 Å². The maximum Gasteiger partial charge on any atom is 0.240 e. The molecule has 0 spiro atoms. The molecule has 3 nitrogen and oxygen atoms in total. The number of nitrogens with one attached hydrogen (secondary N) is 1. The van der Waals surface area contributed by atoms with Crippen LogP contribution in [0.2, 0.25) is 0 Å². The first-order chi connectivity index (χ1) is 8.88. The summed E-state index contributed by atoms with van der Waals surface area (Å²) in [5.41, 5.74) is 0. The monoisotopic (exact) mass is 285 g/mol. The van der Waals surface area contributed by atoms with Crippen LogP contribution in [0.3, 0.4) is 0 Å². The van der Waals surface area contributed by atoms with E-state index in [9.17, 15) is 12.8 Å². The lowest BCUT2D eigenvalue weighted by Gasteiger charge is -2.32. The van der Waals surface area contributed by atoms with Crippen LogP contribution in [0.1, 0.15) is 33.1 Å². The van der Waals surface area contributed by atoms with Crippen LogP contribution in [0.25, 0.3) is 0 Å². The standard InChI is InChI=1S/C14H20FNO2S/c1-10-3-8-14(11(2)9-10)16-19(17,18)13-6-4-12(15)5-7-13/h4-7,10-11,14,16H,3,8-9H2,1-2H3. The van der Waals surface area contributed by atoms with Crippen molar-refractivity contribution in [3.8, 4) is 0 Å². The van der Waals surface area contributed by atoms with Crippen LogP contribution in [0, 0.1) is 17.7 Å². The number of rotatable bonds is 3. The molecule has 0 heterocycles. The van der Waals surface area contributed by atoms with E-state index in [1.54, 1.807) is 0 Å². The molecule has 106 valence electrons. The van der Waals surface area contributed by atoms with Crippen LogP contribution in [0.15, 0.2) is 29.2 Å². The zero-order chi connectivity index (χ0) is 14.0. The van der Waals surface area contributed by atoms with Gasteiger partial charge in [0.25, 0.3) is 0 Å². The van der Waals surface area contributed by atoms with Gasteiger partial charge < -0.3 is 0 Å². The first kappa shape index (κ1) is 14.5. The number of hydrogen-bond donors (Lipinski definition) is 1. The van der Waals surface area contributed by atoms with Crippen LogP contribution in [-0.4, -0.2) is 14.5 Å². The summed E-state index contributed by atoms with van der Waals surface area (Å²) in [6, 6.07) is 4.91. The normalized spacial score (nSPS) is 28.3. The largest absolute Gasteiger partial charge is 0.240 e. The summed E-state index contributed by atoms with van der Waals surface area (Å²) in [6.07, 6.45) is 2.94.